The smallest absolute Gasteiger partial charge is 0.422 e. The molecule has 2 aromatic rings. The quantitative estimate of drug-likeness (QED) is 0.437. The zero-order chi connectivity index (χ0) is 21.1. The van der Waals surface area contributed by atoms with Crippen LogP contribution in [0.3, 0.4) is 0 Å². The van der Waals surface area contributed by atoms with Crippen molar-refractivity contribution in [3.05, 3.63) is 59.8 Å². The molecule has 0 aliphatic heterocycles. The van der Waals surface area contributed by atoms with Crippen LogP contribution in [0.15, 0.2) is 53.7 Å². The van der Waals surface area contributed by atoms with Gasteiger partial charge in [-0.25, -0.2) is 9.98 Å². The summed E-state index contributed by atoms with van der Waals surface area (Å²) < 4.78 is 41.4. The summed E-state index contributed by atoms with van der Waals surface area (Å²) in [5, 5.41) is 16.4. The molecule has 6 nitrogen and oxygen atoms in total. The highest BCUT2D eigenvalue weighted by molar-refractivity contribution is 5.79. The SMILES string of the molecule is CCNC(=NCc1ccnc(OCC(F)(F)F)c1)NCCC(O)c1ccccc1. The topological polar surface area (TPSA) is 78.8 Å². The Balaban J connectivity index is 1.88. The summed E-state index contributed by atoms with van der Waals surface area (Å²) in [6.45, 7) is 1.91. The minimum atomic E-state index is -4.41. The van der Waals surface area contributed by atoms with Gasteiger partial charge in [-0.3, -0.25) is 0 Å². The molecule has 29 heavy (non-hydrogen) atoms. The third kappa shape index (κ3) is 8.82. The second kappa shape index (κ2) is 11.3. The van der Waals surface area contributed by atoms with E-state index in [1.807, 2.05) is 37.3 Å². The number of aliphatic hydroxyl groups is 1. The van der Waals surface area contributed by atoms with Crippen LogP contribution in [0.1, 0.15) is 30.6 Å². The maximum atomic E-state index is 12.3. The van der Waals surface area contributed by atoms with Crippen molar-refractivity contribution in [1.82, 2.24) is 15.6 Å². The Kier molecular flexibility index (Phi) is 8.72. The fourth-order valence-corrected chi connectivity index (χ4v) is 2.46. The van der Waals surface area contributed by atoms with Crippen molar-refractivity contribution >= 4 is 5.96 Å². The van der Waals surface area contributed by atoms with Gasteiger partial charge in [0.15, 0.2) is 12.6 Å². The molecule has 0 saturated carbocycles. The Morgan fingerprint density at radius 3 is 2.66 bits per heavy atom. The van der Waals surface area contributed by atoms with Gasteiger partial charge in [-0.15, -0.1) is 0 Å². The van der Waals surface area contributed by atoms with Gasteiger partial charge in [0.2, 0.25) is 5.88 Å². The first-order valence-corrected chi connectivity index (χ1v) is 9.27. The summed E-state index contributed by atoms with van der Waals surface area (Å²) >= 11 is 0. The number of aromatic nitrogens is 1. The molecule has 0 saturated heterocycles. The Bertz CT molecular complexity index is 770. The number of nitrogens with zero attached hydrogens (tertiary/aromatic N) is 2. The molecule has 1 aromatic carbocycles. The summed E-state index contributed by atoms with van der Waals surface area (Å²) in [7, 11) is 0. The highest BCUT2D eigenvalue weighted by atomic mass is 19.4. The van der Waals surface area contributed by atoms with Crippen molar-refractivity contribution in [2.24, 2.45) is 4.99 Å². The van der Waals surface area contributed by atoms with E-state index in [0.29, 0.717) is 31.0 Å². The molecule has 0 amide bonds. The molecule has 0 aliphatic carbocycles. The Morgan fingerprint density at radius 2 is 1.97 bits per heavy atom. The molecule has 2 rings (SSSR count). The van der Waals surface area contributed by atoms with E-state index in [1.165, 1.54) is 12.3 Å². The van der Waals surface area contributed by atoms with Crippen LogP contribution in [-0.4, -0.2) is 41.9 Å². The fourth-order valence-electron chi connectivity index (χ4n) is 2.46. The van der Waals surface area contributed by atoms with Gasteiger partial charge < -0.3 is 20.5 Å². The zero-order valence-corrected chi connectivity index (χ0v) is 16.1. The number of ether oxygens (including phenoxy) is 1. The van der Waals surface area contributed by atoms with E-state index in [4.69, 9.17) is 0 Å². The van der Waals surface area contributed by atoms with Crippen LogP contribution in [0.5, 0.6) is 5.88 Å². The van der Waals surface area contributed by atoms with Crippen LogP contribution in [0.25, 0.3) is 0 Å². The lowest BCUT2D eigenvalue weighted by molar-refractivity contribution is -0.154. The average molecular weight is 410 g/mol. The van der Waals surface area contributed by atoms with Crippen LogP contribution in [0.4, 0.5) is 13.2 Å². The number of nitrogens with one attached hydrogen (secondary N) is 2. The molecule has 3 N–H and O–H groups in total. The normalized spacial score (nSPS) is 13.1. The maximum Gasteiger partial charge on any atom is 0.422 e. The van der Waals surface area contributed by atoms with Gasteiger partial charge in [-0.05, 0) is 30.5 Å². The minimum Gasteiger partial charge on any atom is -0.468 e. The first-order valence-electron chi connectivity index (χ1n) is 9.27. The summed E-state index contributed by atoms with van der Waals surface area (Å²) in [6, 6.07) is 12.5. The van der Waals surface area contributed by atoms with E-state index >= 15 is 0 Å². The summed E-state index contributed by atoms with van der Waals surface area (Å²) in [4.78, 5) is 8.18. The molecule has 1 aromatic heterocycles. The number of pyridine rings is 1. The lowest BCUT2D eigenvalue weighted by atomic mass is 10.1. The van der Waals surface area contributed by atoms with Crippen molar-refractivity contribution in [3.8, 4) is 5.88 Å². The van der Waals surface area contributed by atoms with E-state index in [1.54, 1.807) is 6.07 Å². The molecule has 1 heterocycles. The van der Waals surface area contributed by atoms with Gasteiger partial charge in [0, 0.05) is 25.4 Å². The van der Waals surface area contributed by atoms with Crippen LogP contribution in [-0.2, 0) is 6.54 Å². The van der Waals surface area contributed by atoms with Crippen LogP contribution in [0.2, 0.25) is 0 Å². The molecule has 0 fully saturated rings. The van der Waals surface area contributed by atoms with Gasteiger partial charge in [0.05, 0.1) is 12.6 Å². The van der Waals surface area contributed by atoms with Crippen LogP contribution >= 0.6 is 0 Å². The van der Waals surface area contributed by atoms with Crippen molar-refractivity contribution < 1.29 is 23.0 Å². The van der Waals surface area contributed by atoms with Crippen LogP contribution in [0, 0.1) is 0 Å². The summed E-state index contributed by atoms with van der Waals surface area (Å²) in [6.07, 6.45) is -3.12. The van der Waals surface area contributed by atoms with Crippen molar-refractivity contribution in [3.63, 3.8) is 0 Å². The second-order valence-corrected chi connectivity index (χ2v) is 6.24. The predicted octanol–water partition coefficient (Wildman–Crippen LogP) is 3.20. The number of hydrogen-bond acceptors (Lipinski definition) is 4. The Labute approximate surface area is 167 Å². The number of aliphatic hydroxyl groups excluding tert-OH is 1. The molecule has 0 aliphatic rings. The molecule has 9 heteroatoms. The third-order valence-electron chi connectivity index (χ3n) is 3.84. The standard InChI is InChI=1S/C20H25F3N4O2/c1-2-24-19(26-11-9-17(28)16-6-4-3-5-7-16)27-13-15-8-10-25-18(12-15)29-14-20(21,22)23/h3-8,10,12,17,28H,2,9,11,13-14H2,1H3,(H2,24,26,27). The molecule has 0 radical (unpaired) electrons. The van der Waals surface area contributed by atoms with Crippen LogP contribution < -0.4 is 15.4 Å². The highest BCUT2D eigenvalue weighted by Gasteiger charge is 2.28. The molecule has 0 bridgehead atoms. The van der Waals surface area contributed by atoms with Crippen molar-refractivity contribution in [1.29, 1.82) is 0 Å². The van der Waals surface area contributed by atoms with E-state index in [-0.39, 0.29) is 12.4 Å². The molecular formula is C20H25F3N4O2. The number of alkyl halides is 3. The summed E-state index contributed by atoms with van der Waals surface area (Å²) in [5.74, 6) is 0.446. The molecule has 1 atom stereocenters. The first kappa shape index (κ1) is 22.5. The number of benzene rings is 1. The number of guanidine groups is 1. The summed E-state index contributed by atoms with van der Waals surface area (Å²) in [5.41, 5.74) is 1.51. The predicted molar refractivity (Wildman–Crippen MR) is 105 cm³/mol. The molecule has 0 spiro atoms. The number of halogens is 3. The van der Waals surface area contributed by atoms with E-state index in [9.17, 15) is 18.3 Å². The molecule has 1 unspecified atom stereocenters. The van der Waals surface area contributed by atoms with Crippen molar-refractivity contribution in [2.45, 2.75) is 32.2 Å². The Hall–Kier alpha value is -2.81. The van der Waals surface area contributed by atoms with Gasteiger partial charge in [-0.2, -0.15) is 13.2 Å². The maximum absolute atomic E-state index is 12.3. The minimum absolute atomic E-state index is 0.0982. The lowest BCUT2D eigenvalue weighted by Crippen LogP contribution is -2.38. The third-order valence-corrected chi connectivity index (χ3v) is 3.84. The Morgan fingerprint density at radius 1 is 1.21 bits per heavy atom. The first-order chi connectivity index (χ1) is 13.9. The number of aliphatic imine (C=N–C) groups is 1. The van der Waals surface area contributed by atoms with Gasteiger partial charge >= 0.3 is 6.18 Å². The van der Waals surface area contributed by atoms with Crippen molar-refractivity contribution in [2.75, 3.05) is 19.7 Å². The van der Waals surface area contributed by atoms with E-state index < -0.39 is 18.9 Å². The number of hydrogen-bond donors (Lipinski definition) is 3. The lowest BCUT2D eigenvalue weighted by Gasteiger charge is -2.14. The second-order valence-electron chi connectivity index (χ2n) is 6.24. The molecule has 158 valence electrons. The largest absolute Gasteiger partial charge is 0.468 e. The molecular weight excluding hydrogens is 385 g/mol. The fraction of sp³-hybridized carbons (Fsp3) is 0.400. The van der Waals surface area contributed by atoms with Gasteiger partial charge in [0.25, 0.3) is 0 Å². The highest BCUT2D eigenvalue weighted by Crippen LogP contribution is 2.18. The zero-order valence-electron chi connectivity index (χ0n) is 16.1. The van der Waals surface area contributed by atoms with E-state index in [2.05, 4.69) is 25.3 Å². The van der Waals surface area contributed by atoms with Gasteiger partial charge in [-0.1, -0.05) is 30.3 Å². The average Bonchev–Trinajstić information content (AvgIpc) is 2.71. The monoisotopic (exact) mass is 410 g/mol. The van der Waals surface area contributed by atoms with Gasteiger partial charge in [0.1, 0.15) is 0 Å². The number of rotatable bonds is 9. The van der Waals surface area contributed by atoms with E-state index in [0.717, 1.165) is 5.56 Å².